The van der Waals surface area contributed by atoms with Crippen LogP contribution in [0.5, 0.6) is 0 Å². The molecule has 2 aliphatic rings. The zero-order valence-electron chi connectivity index (χ0n) is 20.5. The van der Waals surface area contributed by atoms with Crippen molar-refractivity contribution in [1.82, 2.24) is 19.4 Å². The summed E-state index contributed by atoms with van der Waals surface area (Å²) < 4.78 is 1.62. The van der Waals surface area contributed by atoms with Gasteiger partial charge in [0.25, 0.3) is 5.91 Å². The summed E-state index contributed by atoms with van der Waals surface area (Å²) in [5, 5.41) is 17.2. The molecule has 3 aromatic rings. The Morgan fingerprint density at radius 3 is 2.72 bits per heavy atom. The minimum absolute atomic E-state index is 0.0951. The third-order valence-electron chi connectivity index (χ3n) is 7.27. The first-order valence-electron chi connectivity index (χ1n) is 12.1. The molecular weight excluding hydrogens is 456 g/mol. The first-order valence-corrected chi connectivity index (χ1v) is 12.1. The Balaban J connectivity index is 1.46. The first kappa shape index (κ1) is 23.5. The predicted octanol–water partition coefficient (Wildman–Crippen LogP) is 2.84. The number of fused-ring (bicyclic) bond motifs is 3. The highest BCUT2D eigenvalue weighted by Gasteiger charge is 2.56. The van der Waals surface area contributed by atoms with Crippen molar-refractivity contribution in [1.29, 1.82) is 5.26 Å². The second-order valence-electron chi connectivity index (χ2n) is 10.1. The van der Waals surface area contributed by atoms with Crippen molar-refractivity contribution in [2.75, 3.05) is 18.9 Å². The van der Waals surface area contributed by atoms with Crippen LogP contribution in [0.1, 0.15) is 42.7 Å². The molecule has 0 bridgehead atoms. The molecule has 36 heavy (non-hydrogen) atoms. The summed E-state index contributed by atoms with van der Waals surface area (Å²) in [6, 6.07) is 15.3. The number of hydrogen-bond donors (Lipinski definition) is 1. The molecule has 3 atom stereocenters. The van der Waals surface area contributed by atoms with Gasteiger partial charge in [-0.2, -0.15) is 10.4 Å². The number of nitrogens with one attached hydrogen (secondary N) is 1. The summed E-state index contributed by atoms with van der Waals surface area (Å²) in [5.41, 5.74) is 1.56. The molecule has 2 aromatic heterocycles. The van der Waals surface area contributed by atoms with E-state index in [0.717, 1.165) is 11.1 Å². The molecule has 184 valence electrons. The highest BCUT2D eigenvalue weighted by Crippen LogP contribution is 2.46. The molecule has 1 saturated heterocycles. The Kier molecular flexibility index (Phi) is 5.75. The van der Waals surface area contributed by atoms with Crippen LogP contribution < -0.4 is 5.32 Å². The summed E-state index contributed by atoms with van der Waals surface area (Å²) in [5.74, 6) is -0.787. The Hall–Kier alpha value is -4.19. The third kappa shape index (κ3) is 3.70. The number of carbonyl (C=O) groups excluding carboxylic acids is 3. The topological polar surface area (TPSA) is 111 Å². The molecule has 2 aliphatic heterocycles. The Morgan fingerprint density at radius 2 is 2.00 bits per heavy atom. The van der Waals surface area contributed by atoms with Gasteiger partial charge in [-0.05, 0) is 42.2 Å². The SMILES string of the molecule is CC(C)C[C@@H](C(=O)N1C[C@]2(C[C@H]1C#N)C(=O)Nc1ccccc12)N(C)C(=O)c1cc2ccccn2n1. The zero-order chi connectivity index (χ0) is 25.6. The van der Waals surface area contributed by atoms with E-state index >= 15 is 0 Å². The van der Waals surface area contributed by atoms with Crippen LogP contribution in [0.15, 0.2) is 54.7 Å². The quantitative estimate of drug-likeness (QED) is 0.599. The van der Waals surface area contributed by atoms with E-state index in [-0.39, 0.29) is 42.3 Å². The smallest absolute Gasteiger partial charge is 0.274 e. The van der Waals surface area contributed by atoms with E-state index in [9.17, 15) is 19.6 Å². The minimum atomic E-state index is -0.973. The van der Waals surface area contributed by atoms with Crippen LogP contribution in [0.2, 0.25) is 0 Å². The molecule has 0 radical (unpaired) electrons. The molecular formula is C27H28N6O3. The molecule has 5 rings (SSSR count). The number of amides is 3. The van der Waals surface area contributed by atoms with Gasteiger partial charge in [-0.3, -0.25) is 14.4 Å². The lowest BCUT2D eigenvalue weighted by molar-refractivity contribution is -0.136. The van der Waals surface area contributed by atoms with Crippen LogP contribution in [0, 0.1) is 17.2 Å². The Morgan fingerprint density at radius 1 is 1.25 bits per heavy atom. The number of nitriles is 1. The van der Waals surface area contributed by atoms with E-state index < -0.39 is 17.5 Å². The molecule has 4 heterocycles. The van der Waals surface area contributed by atoms with E-state index in [0.29, 0.717) is 12.1 Å². The van der Waals surface area contributed by atoms with Gasteiger partial charge >= 0.3 is 0 Å². The van der Waals surface area contributed by atoms with Gasteiger partial charge in [0.2, 0.25) is 11.8 Å². The molecule has 1 N–H and O–H groups in total. The number of benzene rings is 1. The van der Waals surface area contributed by atoms with Gasteiger partial charge in [0, 0.05) is 31.9 Å². The molecule has 0 saturated carbocycles. The second-order valence-corrected chi connectivity index (χ2v) is 10.1. The lowest BCUT2D eigenvalue weighted by Gasteiger charge is -2.33. The number of hydrogen-bond acceptors (Lipinski definition) is 5. The van der Waals surface area contributed by atoms with E-state index in [1.807, 2.05) is 56.3 Å². The van der Waals surface area contributed by atoms with Crippen molar-refractivity contribution in [3.63, 3.8) is 0 Å². The lowest BCUT2D eigenvalue weighted by atomic mass is 9.80. The van der Waals surface area contributed by atoms with Crippen molar-refractivity contribution in [3.8, 4) is 6.07 Å². The normalized spacial score (nSPS) is 21.5. The molecule has 1 spiro atoms. The van der Waals surface area contributed by atoms with Crippen LogP contribution in [-0.4, -0.2) is 62.8 Å². The highest BCUT2D eigenvalue weighted by atomic mass is 16.2. The van der Waals surface area contributed by atoms with Gasteiger partial charge in [0.1, 0.15) is 12.1 Å². The molecule has 9 heteroatoms. The van der Waals surface area contributed by atoms with Crippen LogP contribution in [0.4, 0.5) is 5.69 Å². The maximum absolute atomic E-state index is 14.0. The average Bonchev–Trinajstić information content (AvgIpc) is 3.55. The number of aromatic nitrogens is 2. The van der Waals surface area contributed by atoms with Crippen molar-refractivity contribution < 1.29 is 14.4 Å². The van der Waals surface area contributed by atoms with Crippen LogP contribution in [0.3, 0.4) is 0 Å². The third-order valence-corrected chi connectivity index (χ3v) is 7.27. The monoisotopic (exact) mass is 484 g/mol. The number of anilines is 1. The van der Waals surface area contributed by atoms with E-state index in [1.54, 1.807) is 23.8 Å². The largest absolute Gasteiger partial charge is 0.328 e. The number of para-hydroxylation sites is 1. The fourth-order valence-corrected chi connectivity index (χ4v) is 5.41. The van der Waals surface area contributed by atoms with E-state index in [4.69, 9.17) is 0 Å². The summed E-state index contributed by atoms with van der Waals surface area (Å²) in [6.07, 6.45) is 2.39. The summed E-state index contributed by atoms with van der Waals surface area (Å²) in [4.78, 5) is 43.4. The van der Waals surface area contributed by atoms with E-state index in [1.165, 1.54) is 9.80 Å². The average molecular weight is 485 g/mol. The fourth-order valence-electron chi connectivity index (χ4n) is 5.41. The van der Waals surface area contributed by atoms with Gasteiger partial charge in [-0.25, -0.2) is 4.52 Å². The first-order chi connectivity index (χ1) is 17.2. The van der Waals surface area contributed by atoms with Crippen LogP contribution in [-0.2, 0) is 15.0 Å². The van der Waals surface area contributed by atoms with Crippen molar-refractivity contribution in [2.45, 2.75) is 44.2 Å². The Labute approximate surface area is 209 Å². The number of rotatable bonds is 5. The number of nitrogens with zero attached hydrogens (tertiary/aromatic N) is 5. The van der Waals surface area contributed by atoms with Gasteiger partial charge < -0.3 is 15.1 Å². The van der Waals surface area contributed by atoms with Crippen LogP contribution >= 0.6 is 0 Å². The maximum atomic E-state index is 14.0. The number of carbonyl (C=O) groups is 3. The molecule has 0 unspecified atom stereocenters. The standard InChI is InChI=1S/C27H28N6O3/c1-17(2)12-23(31(3)24(34)22-13-18-8-6-7-11-33(18)30-22)25(35)32-16-27(14-19(32)15-28)20-9-4-5-10-21(20)29-26(27)36/h4-11,13,17,19,23H,12,14,16H2,1-3H3,(H,29,36)/t19-,23-,27-/m0/s1. The van der Waals surface area contributed by atoms with Crippen molar-refractivity contribution >= 4 is 28.9 Å². The van der Waals surface area contributed by atoms with Crippen molar-refractivity contribution in [2.24, 2.45) is 5.92 Å². The minimum Gasteiger partial charge on any atom is -0.328 e. The number of pyridine rings is 1. The fraction of sp³-hybridized carbons (Fsp3) is 0.370. The number of likely N-dealkylation sites (N-methyl/N-ethyl adjacent to an activating group) is 1. The highest BCUT2D eigenvalue weighted by molar-refractivity contribution is 6.07. The molecule has 1 aromatic carbocycles. The summed E-state index contributed by atoms with van der Waals surface area (Å²) >= 11 is 0. The molecule has 0 aliphatic carbocycles. The lowest BCUT2D eigenvalue weighted by Crippen LogP contribution is -2.52. The summed E-state index contributed by atoms with van der Waals surface area (Å²) in [7, 11) is 1.60. The zero-order valence-corrected chi connectivity index (χ0v) is 20.5. The maximum Gasteiger partial charge on any atom is 0.274 e. The van der Waals surface area contributed by atoms with Gasteiger partial charge in [-0.15, -0.1) is 0 Å². The predicted molar refractivity (Wildman–Crippen MR) is 133 cm³/mol. The van der Waals surface area contributed by atoms with E-state index in [2.05, 4.69) is 16.5 Å². The molecule has 9 nitrogen and oxygen atoms in total. The summed E-state index contributed by atoms with van der Waals surface area (Å²) in [6.45, 7) is 4.06. The molecule has 1 fully saturated rings. The van der Waals surface area contributed by atoms with Crippen LogP contribution in [0.25, 0.3) is 5.52 Å². The number of likely N-dealkylation sites (tertiary alicyclic amines) is 1. The molecule has 3 amide bonds. The van der Waals surface area contributed by atoms with Crippen molar-refractivity contribution in [3.05, 3.63) is 66.0 Å². The van der Waals surface area contributed by atoms with Gasteiger partial charge in [-0.1, -0.05) is 38.1 Å². The Bertz CT molecular complexity index is 1370. The van der Waals surface area contributed by atoms with Gasteiger partial charge in [0.05, 0.1) is 17.0 Å². The van der Waals surface area contributed by atoms with Gasteiger partial charge in [0.15, 0.2) is 5.69 Å². The second kappa shape index (κ2) is 8.79.